The van der Waals surface area contributed by atoms with E-state index in [-0.39, 0.29) is 30.0 Å². The number of carbonyl (C=O) groups excluding carboxylic acids is 1. The molecule has 0 radical (unpaired) electrons. The molecule has 5 nitrogen and oxygen atoms in total. The molecule has 1 aromatic carbocycles. The number of hydrogen-bond donors (Lipinski definition) is 3. The summed E-state index contributed by atoms with van der Waals surface area (Å²) in [6.45, 7) is 0.175. The van der Waals surface area contributed by atoms with Crippen LogP contribution in [0.5, 0.6) is 0 Å². The number of hydrogen-bond acceptors (Lipinski definition) is 4. The third kappa shape index (κ3) is 4.26. The zero-order chi connectivity index (χ0) is 20.5. The van der Waals surface area contributed by atoms with Crippen molar-refractivity contribution in [3.63, 3.8) is 0 Å². The smallest absolute Gasteiger partial charge is 0.258 e. The van der Waals surface area contributed by atoms with Crippen LogP contribution in [0, 0.1) is 29.1 Å². The molecule has 4 aliphatic rings. The lowest BCUT2D eigenvalue weighted by Crippen LogP contribution is -2.56. The number of nitrogens with one attached hydrogen (secondary N) is 3. The quantitative estimate of drug-likeness (QED) is 0.334. The SMILES string of the molecule is CN/C(OCc1ccc(Cl)cc1Cl)=C(\C=N)C(=O)NC1C2CC3CC(C2)CC1C3. The lowest BCUT2D eigenvalue weighted by atomic mass is 9.54. The summed E-state index contributed by atoms with van der Waals surface area (Å²) in [4.78, 5) is 13.0. The summed E-state index contributed by atoms with van der Waals surface area (Å²) in [5.74, 6) is 2.88. The third-order valence-corrected chi connectivity index (χ3v) is 7.36. The Hall–Kier alpha value is -1.72. The summed E-state index contributed by atoms with van der Waals surface area (Å²) in [6.07, 6.45) is 7.35. The van der Waals surface area contributed by atoms with Gasteiger partial charge in [-0.2, -0.15) is 0 Å². The Morgan fingerprint density at radius 1 is 1.17 bits per heavy atom. The van der Waals surface area contributed by atoms with Crippen molar-refractivity contribution in [3.8, 4) is 0 Å². The molecule has 0 heterocycles. The van der Waals surface area contributed by atoms with Gasteiger partial charge in [-0.25, -0.2) is 0 Å². The van der Waals surface area contributed by atoms with E-state index in [0.29, 0.717) is 21.9 Å². The summed E-state index contributed by atoms with van der Waals surface area (Å²) < 4.78 is 5.81. The van der Waals surface area contributed by atoms with Crippen LogP contribution in [0.15, 0.2) is 29.7 Å². The summed E-state index contributed by atoms with van der Waals surface area (Å²) in [6, 6.07) is 5.40. The summed E-state index contributed by atoms with van der Waals surface area (Å²) >= 11 is 12.1. The monoisotopic (exact) mass is 435 g/mol. The molecular formula is C22H27Cl2N3O2. The average Bonchev–Trinajstić information content (AvgIpc) is 2.68. The maximum atomic E-state index is 13.0. The number of ether oxygens (including phenoxy) is 1. The Balaban J connectivity index is 1.45. The first kappa shape index (κ1) is 20.5. The van der Waals surface area contributed by atoms with Gasteiger partial charge in [-0.3, -0.25) is 4.79 Å². The van der Waals surface area contributed by atoms with Gasteiger partial charge in [-0.05, 0) is 67.9 Å². The van der Waals surface area contributed by atoms with Crippen LogP contribution < -0.4 is 10.6 Å². The fourth-order valence-corrected chi connectivity index (χ4v) is 6.16. The predicted octanol–water partition coefficient (Wildman–Crippen LogP) is 4.53. The molecule has 4 bridgehead atoms. The molecule has 0 spiro atoms. The molecule has 3 N–H and O–H groups in total. The molecule has 0 aromatic heterocycles. The molecule has 4 fully saturated rings. The predicted molar refractivity (Wildman–Crippen MR) is 115 cm³/mol. The van der Waals surface area contributed by atoms with E-state index in [4.69, 9.17) is 33.3 Å². The largest absolute Gasteiger partial charge is 0.474 e. The first-order chi connectivity index (χ1) is 14.0. The van der Waals surface area contributed by atoms with E-state index >= 15 is 0 Å². The zero-order valence-electron chi connectivity index (χ0n) is 16.5. The normalized spacial score (nSPS) is 30.5. The van der Waals surface area contributed by atoms with Gasteiger partial charge in [-0.15, -0.1) is 0 Å². The lowest BCUT2D eigenvalue weighted by Gasteiger charge is -2.54. The van der Waals surface area contributed by atoms with E-state index in [1.807, 2.05) is 0 Å². The summed E-state index contributed by atoms with van der Waals surface area (Å²) in [5, 5.41) is 15.0. The summed E-state index contributed by atoms with van der Waals surface area (Å²) in [7, 11) is 1.68. The number of amides is 1. The Morgan fingerprint density at radius 3 is 2.38 bits per heavy atom. The van der Waals surface area contributed by atoms with Crippen molar-refractivity contribution in [2.24, 2.45) is 23.7 Å². The first-order valence-electron chi connectivity index (χ1n) is 10.3. The van der Waals surface area contributed by atoms with Crippen LogP contribution in [0.1, 0.15) is 37.7 Å². The lowest BCUT2D eigenvalue weighted by molar-refractivity contribution is -0.121. The van der Waals surface area contributed by atoms with Crippen molar-refractivity contribution in [1.29, 1.82) is 5.41 Å². The molecule has 0 saturated heterocycles. The number of benzene rings is 1. The molecule has 1 amide bonds. The highest BCUT2D eigenvalue weighted by Crippen LogP contribution is 2.53. The van der Waals surface area contributed by atoms with Gasteiger partial charge < -0.3 is 20.8 Å². The van der Waals surface area contributed by atoms with Gasteiger partial charge in [0.1, 0.15) is 12.2 Å². The van der Waals surface area contributed by atoms with Crippen LogP contribution in [-0.4, -0.2) is 25.2 Å². The second kappa shape index (κ2) is 8.57. The average molecular weight is 436 g/mol. The molecule has 1 aromatic rings. The number of halogens is 2. The first-order valence-corrected chi connectivity index (χ1v) is 11.0. The fraction of sp³-hybridized carbons (Fsp3) is 0.545. The van der Waals surface area contributed by atoms with Gasteiger partial charge in [0.15, 0.2) is 0 Å². The molecule has 29 heavy (non-hydrogen) atoms. The Bertz CT molecular complexity index is 811. The van der Waals surface area contributed by atoms with Gasteiger partial charge in [0.05, 0.1) is 0 Å². The van der Waals surface area contributed by atoms with E-state index in [1.54, 1.807) is 25.2 Å². The molecule has 0 atom stereocenters. The Kier molecular flexibility index (Phi) is 6.07. The van der Waals surface area contributed by atoms with Gasteiger partial charge in [0, 0.05) is 34.9 Å². The fourth-order valence-electron chi connectivity index (χ4n) is 5.70. The van der Waals surface area contributed by atoms with Crippen LogP contribution in [0.25, 0.3) is 0 Å². The van der Waals surface area contributed by atoms with Gasteiger partial charge in [0.25, 0.3) is 5.91 Å². The molecule has 7 heteroatoms. The third-order valence-electron chi connectivity index (χ3n) is 6.77. The van der Waals surface area contributed by atoms with E-state index in [2.05, 4.69) is 10.6 Å². The minimum absolute atomic E-state index is 0.175. The van der Waals surface area contributed by atoms with Crippen molar-refractivity contribution in [2.45, 2.75) is 44.8 Å². The Labute approximate surface area is 181 Å². The van der Waals surface area contributed by atoms with Crippen LogP contribution in [-0.2, 0) is 16.1 Å². The molecule has 0 unspecified atom stereocenters. The molecule has 5 rings (SSSR count). The van der Waals surface area contributed by atoms with Crippen molar-refractivity contribution in [3.05, 3.63) is 45.3 Å². The minimum Gasteiger partial charge on any atom is -0.474 e. The van der Waals surface area contributed by atoms with E-state index in [1.165, 1.54) is 32.1 Å². The zero-order valence-corrected chi connectivity index (χ0v) is 18.0. The van der Waals surface area contributed by atoms with Crippen molar-refractivity contribution in [1.82, 2.24) is 10.6 Å². The van der Waals surface area contributed by atoms with Crippen LogP contribution in [0.4, 0.5) is 0 Å². The second-order valence-electron chi connectivity index (χ2n) is 8.59. The highest BCUT2D eigenvalue weighted by Gasteiger charge is 2.48. The minimum atomic E-state index is -0.246. The highest BCUT2D eigenvalue weighted by atomic mass is 35.5. The van der Waals surface area contributed by atoms with Crippen molar-refractivity contribution in [2.75, 3.05) is 7.05 Å². The van der Waals surface area contributed by atoms with Gasteiger partial charge in [0.2, 0.25) is 5.88 Å². The number of rotatable bonds is 7. The van der Waals surface area contributed by atoms with E-state index in [9.17, 15) is 4.79 Å². The maximum Gasteiger partial charge on any atom is 0.258 e. The van der Waals surface area contributed by atoms with Crippen LogP contribution in [0.3, 0.4) is 0 Å². The van der Waals surface area contributed by atoms with Crippen molar-refractivity contribution >= 4 is 35.3 Å². The molecule has 0 aliphatic heterocycles. The molecular weight excluding hydrogens is 409 g/mol. The van der Waals surface area contributed by atoms with Crippen molar-refractivity contribution < 1.29 is 9.53 Å². The molecule has 156 valence electrons. The van der Waals surface area contributed by atoms with E-state index < -0.39 is 0 Å². The highest BCUT2D eigenvalue weighted by molar-refractivity contribution is 6.35. The van der Waals surface area contributed by atoms with Gasteiger partial charge >= 0.3 is 0 Å². The summed E-state index contributed by atoms with van der Waals surface area (Å²) in [5.41, 5.74) is 0.959. The second-order valence-corrected chi connectivity index (χ2v) is 9.44. The van der Waals surface area contributed by atoms with Gasteiger partial charge in [-0.1, -0.05) is 29.3 Å². The maximum absolute atomic E-state index is 13.0. The van der Waals surface area contributed by atoms with E-state index in [0.717, 1.165) is 23.6 Å². The Morgan fingerprint density at radius 2 is 1.83 bits per heavy atom. The topological polar surface area (TPSA) is 74.2 Å². The van der Waals surface area contributed by atoms with Crippen LogP contribution in [0.2, 0.25) is 10.0 Å². The standard InChI is InChI=1S/C22H27Cl2N3O2/c1-26-22(29-11-14-2-3-17(23)9-19(14)24)18(10-25)21(28)27-20-15-5-12-4-13(7-15)8-16(20)6-12/h2-3,9-10,12-13,15-16,20,25-26H,4-8,11H2,1H3,(H,27,28)/b22-18-,25-10?. The van der Waals surface area contributed by atoms with Crippen LogP contribution >= 0.6 is 23.2 Å². The number of carbonyl (C=O) groups is 1. The molecule has 4 saturated carbocycles. The molecule has 4 aliphatic carbocycles.